The summed E-state index contributed by atoms with van der Waals surface area (Å²) in [6.45, 7) is 7.62. The van der Waals surface area contributed by atoms with Gasteiger partial charge in [-0.05, 0) is 41.9 Å². The first-order valence-corrected chi connectivity index (χ1v) is 7.70. The molecule has 3 rings (SSSR count). The van der Waals surface area contributed by atoms with Gasteiger partial charge in [0.1, 0.15) is 0 Å². The number of benzene rings is 1. The smallest absolute Gasteiger partial charge is 0.0571 e. The van der Waals surface area contributed by atoms with Crippen LogP contribution in [0, 0.1) is 0 Å². The standard InChI is InChI=1S/C17H21ClN2/c1-17(2,3)14-8-7-12(10-15(14)18)13-11-19-20-9-5-4-6-16(13)20/h7-8,10-11H,4-6,9H2,1-3H3. The summed E-state index contributed by atoms with van der Waals surface area (Å²) in [6, 6.07) is 6.43. The Balaban J connectivity index is 2.04. The van der Waals surface area contributed by atoms with Crippen LogP contribution in [0.25, 0.3) is 11.1 Å². The number of fused-ring (bicyclic) bond motifs is 1. The highest BCUT2D eigenvalue weighted by Crippen LogP contribution is 2.34. The lowest BCUT2D eigenvalue weighted by Gasteiger charge is -2.21. The van der Waals surface area contributed by atoms with Gasteiger partial charge < -0.3 is 0 Å². The summed E-state index contributed by atoms with van der Waals surface area (Å²) in [5.41, 5.74) is 5.06. The monoisotopic (exact) mass is 288 g/mol. The fraction of sp³-hybridized carbons (Fsp3) is 0.471. The molecule has 0 N–H and O–H groups in total. The van der Waals surface area contributed by atoms with Crippen molar-refractivity contribution in [3.8, 4) is 11.1 Å². The van der Waals surface area contributed by atoms with E-state index in [1.165, 1.54) is 35.2 Å². The number of halogens is 1. The summed E-state index contributed by atoms with van der Waals surface area (Å²) in [5, 5.41) is 5.36. The zero-order chi connectivity index (χ0) is 14.3. The van der Waals surface area contributed by atoms with Crippen molar-refractivity contribution in [2.75, 3.05) is 0 Å². The van der Waals surface area contributed by atoms with E-state index in [-0.39, 0.29) is 5.41 Å². The molecule has 1 aliphatic rings. The number of aryl methyl sites for hydroxylation is 1. The van der Waals surface area contributed by atoms with Gasteiger partial charge in [0, 0.05) is 22.8 Å². The molecule has 0 saturated heterocycles. The number of hydrogen-bond donors (Lipinski definition) is 0. The lowest BCUT2D eigenvalue weighted by molar-refractivity contribution is 0.487. The van der Waals surface area contributed by atoms with Crippen LogP contribution in [-0.2, 0) is 18.4 Å². The molecule has 20 heavy (non-hydrogen) atoms. The van der Waals surface area contributed by atoms with E-state index in [0.29, 0.717) is 0 Å². The Morgan fingerprint density at radius 2 is 2.00 bits per heavy atom. The molecule has 1 aromatic heterocycles. The Morgan fingerprint density at radius 3 is 2.70 bits per heavy atom. The van der Waals surface area contributed by atoms with Crippen molar-refractivity contribution in [1.29, 1.82) is 0 Å². The van der Waals surface area contributed by atoms with Gasteiger partial charge in [-0.15, -0.1) is 0 Å². The summed E-state index contributed by atoms with van der Waals surface area (Å²) in [5.74, 6) is 0. The van der Waals surface area contributed by atoms with Gasteiger partial charge in [0.2, 0.25) is 0 Å². The van der Waals surface area contributed by atoms with Crippen molar-refractivity contribution in [1.82, 2.24) is 9.78 Å². The summed E-state index contributed by atoms with van der Waals surface area (Å²) in [7, 11) is 0. The van der Waals surface area contributed by atoms with Crippen molar-refractivity contribution < 1.29 is 0 Å². The summed E-state index contributed by atoms with van der Waals surface area (Å²) >= 11 is 6.49. The third kappa shape index (κ3) is 2.37. The Hall–Kier alpha value is -1.28. The van der Waals surface area contributed by atoms with E-state index in [1.807, 2.05) is 6.20 Å². The van der Waals surface area contributed by atoms with Gasteiger partial charge in [0.15, 0.2) is 0 Å². The second-order valence-corrected chi connectivity index (χ2v) is 7.04. The predicted molar refractivity (Wildman–Crippen MR) is 84.3 cm³/mol. The SMILES string of the molecule is CC(C)(C)c1ccc(-c2cnn3c2CCCC3)cc1Cl. The van der Waals surface area contributed by atoms with Crippen LogP contribution in [-0.4, -0.2) is 9.78 Å². The second kappa shape index (κ2) is 4.92. The minimum Gasteiger partial charge on any atom is -0.269 e. The first-order chi connectivity index (χ1) is 9.47. The molecule has 1 aromatic carbocycles. The fourth-order valence-electron chi connectivity index (χ4n) is 2.95. The first-order valence-electron chi connectivity index (χ1n) is 7.32. The Kier molecular flexibility index (Phi) is 3.37. The first kappa shape index (κ1) is 13.7. The second-order valence-electron chi connectivity index (χ2n) is 6.63. The van der Waals surface area contributed by atoms with E-state index in [0.717, 1.165) is 18.0 Å². The van der Waals surface area contributed by atoms with Crippen LogP contribution in [0.5, 0.6) is 0 Å². The van der Waals surface area contributed by atoms with Crippen LogP contribution in [0.1, 0.15) is 44.9 Å². The van der Waals surface area contributed by atoms with Crippen LogP contribution in [0.2, 0.25) is 5.02 Å². The molecule has 2 aromatic rings. The topological polar surface area (TPSA) is 17.8 Å². The van der Waals surface area contributed by atoms with Crippen molar-refractivity contribution in [3.63, 3.8) is 0 Å². The molecule has 0 bridgehead atoms. The van der Waals surface area contributed by atoms with Crippen LogP contribution < -0.4 is 0 Å². The molecular formula is C17H21ClN2. The van der Waals surface area contributed by atoms with Gasteiger partial charge in [-0.25, -0.2) is 0 Å². The number of nitrogens with zero attached hydrogens (tertiary/aromatic N) is 2. The summed E-state index contributed by atoms with van der Waals surface area (Å²) in [6.07, 6.45) is 5.60. The number of aromatic nitrogens is 2. The van der Waals surface area contributed by atoms with Crippen LogP contribution >= 0.6 is 11.6 Å². The molecule has 1 aliphatic heterocycles. The van der Waals surface area contributed by atoms with E-state index >= 15 is 0 Å². The van der Waals surface area contributed by atoms with E-state index in [9.17, 15) is 0 Å². The molecule has 106 valence electrons. The van der Waals surface area contributed by atoms with Gasteiger partial charge in [0.25, 0.3) is 0 Å². The van der Waals surface area contributed by atoms with E-state index in [4.69, 9.17) is 11.6 Å². The predicted octanol–water partition coefficient (Wildman–Crippen LogP) is 4.84. The lowest BCUT2D eigenvalue weighted by atomic mass is 9.86. The number of rotatable bonds is 1. The molecule has 0 atom stereocenters. The zero-order valence-corrected chi connectivity index (χ0v) is 13.2. The van der Waals surface area contributed by atoms with Crippen molar-refractivity contribution in [3.05, 3.63) is 40.7 Å². The maximum absolute atomic E-state index is 6.49. The van der Waals surface area contributed by atoms with Gasteiger partial charge in [-0.2, -0.15) is 5.10 Å². The Labute approximate surface area is 125 Å². The van der Waals surface area contributed by atoms with Crippen molar-refractivity contribution in [2.24, 2.45) is 0 Å². The average Bonchev–Trinajstić information content (AvgIpc) is 2.80. The molecule has 0 amide bonds. The third-order valence-corrected chi connectivity index (χ3v) is 4.38. The largest absolute Gasteiger partial charge is 0.269 e. The van der Waals surface area contributed by atoms with E-state index in [2.05, 4.69) is 48.8 Å². The quantitative estimate of drug-likeness (QED) is 0.734. The van der Waals surface area contributed by atoms with Crippen LogP contribution in [0.3, 0.4) is 0 Å². The highest BCUT2D eigenvalue weighted by atomic mass is 35.5. The summed E-state index contributed by atoms with van der Waals surface area (Å²) < 4.78 is 2.14. The molecule has 0 aliphatic carbocycles. The molecule has 0 unspecified atom stereocenters. The van der Waals surface area contributed by atoms with E-state index in [1.54, 1.807) is 0 Å². The van der Waals surface area contributed by atoms with Gasteiger partial charge in [0.05, 0.1) is 6.20 Å². The van der Waals surface area contributed by atoms with Crippen LogP contribution in [0.4, 0.5) is 0 Å². The Bertz CT molecular complexity index is 635. The highest BCUT2D eigenvalue weighted by Gasteiger charge is 2.20. The maximum Gasteiger partial charge on any atom is 0.0571 e. The molecule has 3 heteroatoms. The Morgan fingerprint density at radius 1 is 1.20 bits per heavy atom. The van der Waals surface area contributed by atoms with E-state index < -0.39 is 0 Å². The maximum atomic E-state index is 6.49. The normalized spacial score (nSPS) is 15.2. The molecule has 2 nitrogen and oxygen atoms in total. The van der Waals surface area contributed by atoms with Gasteiger partial charge in [-0.3, -0.25) is 4.68 Å². The zero-order valence-electron chi connectivity index (χ0n) is 12.4. The number of hydrogen-bond acceptors (Lipinski definition) is 1. The average molecular weight is 289 g/mol. The van der Waals surface area contributed by atoms with Gasteiger partial charge in [-0.1, -0.05) is 44.5 Å². The lowest BCUT2D eigenvalue weighted by Crippen LogP contribution is -2.12. The van der Waals surface area contributed by atoms with Crippen molar-refractivity contribution in [2.45, 2.75) is 52.0 Å². The molecule has 2 heterocycles. The summed E-state index contributed by atoms with van der Waals surface area (Å²) in [4.78, 5) is 0. The molecule has 0 saturated carbocycles. The van der Waals surface area contributed by atoms with Crippen molar-refractivity contribution >= 4 is 11.6 Å². The molecule has 0 radical (unpaired) electrons. The van der Waals surface area contributed by atoms with Crippen LogP contribution in [0.15, 0.2) is 24.4 Å². The fourth-order valence-corrected chi connectivity index (χ4v) is 3.42. The minimum absolute atomic E-state index is 0.0774. The van der Waals surface area contributed by atoms with Gasteiger partial charge >= 0.3 is 0 Å². The third-order valence-electron chi connectivity index (χ3n) is 4.07. The molecule has 0 spiro atoms. The minimum atomic E-state index is 0.0774. The highest BCUT2D eigenvalue weighted by molar-refractivity contribution is 6.31. The molecule has 0 fully saturated rings. The molecular weight excluding hydrogens is 268 g/mol.